The number of nitrogens with one attached hydrogen (secondary N) is 1. The fourth-order valence-corrected chi connectivity index (χ4v) is 3.22. The Morgan fingerprint density at radius 3 is 2.81 bits per heavy atom. The van der Waals surface area contributed by atoms with Crippen molar-refractivity contribution in [1.82, 2.24) is 5.32 Å². The van der Waals surface area contributed by atoms with Crippen LogP contribution in [0, 0.1) is 17.0 Å². The number of nitrogens with zero attached hydrogens (tertiary/aromatic N) is 1. The van der Waals surface area contributed by atoms with Gasteiger partial charge in [0.05, 0.1) is 4.92 Å². The van der Waals surface area contributed by atoms with E-state index in [-0.39, 0.29) is 16.7 Å². The molecule has 0 aliphatic carbocycles. The number of hydrogen-bond acceptors (Lipinski definition) is 4. The van der Waals surface area contributed by atoms with Gasteiger partial charge in [-0.2, -0.15) is 0 Å². The summed E-state index contributed by atoms with van der Waals surface area (Å²) >= 11 is 1.75. The van der Waals surface area contributed by atoms with Crippen LogP contribution in [0.25, 0.3) is 0 Å². The highest BCUT2D eigenvalue weighted by Gasteiger charge is 2.14. The predicted molar refractivity (Wildman–Crippen MR) is 86.8 cm³/mol. The second-order valence-corrected chi connectivity index (χ2v) is 6.13. The summed E-state index contributed by atoms with van der Waals surface area (Å²) in [6, 6.07) is 7.67. The topological polar surface area (TPSA) is 55.2 Å². The largest absolute Gasteiger partial charge is 0.305 e. The summed E-state index contributed by atoms with van der Waals surface area (Å²) in [4.78, 5) is 12.0. The zero-order valence-corrected chi connectivity index (χ0v) is 13.4. The lowest BCUT2D eigenvalue weighted by atomic mass is 10.0. The molecule has 0 fully saturated rings. The van der Waals surface area contributed by atoms with Crippen LogP contribution in [0.3, 0.4) is 0 Å². The number of rotatable bonds is 6. The maximum absolute atomic E-state index is 11.0. The lowest BCUT2D eigenvalue weighted by Crippen LogP contribution is -2.18. The van der Waals surface area contributed by atoms with Crippen molar-refractivity contribution in [2.45, 2.75) is 39.8 Å². The maximum Gasteiger partial charge on any atom is 0.272 e. The van der Waals surface area contributed by atoms with Crippen molar-refractivity contribution in [1.29, 1.82) is 0 Å². The van der Waals surface area contributed by atoms with E-state index in [1.165, 1.54) is 10.4 Å². The first-order valence-electron chi connectivity index (χ1n) is 7.06. The van der Waals surface area contributed by atoms with Gasteiger partial charge in [0.1, 0.15) is 0 Å². The highest BCUT2D eigenvalue weighted by atomic mass is 32.1. The summed E-state index contributed by atoms with van der Waals surface area (Å²) in [5.41, 5.74) is 3.20. The second kappa shape index (κ2) is 6.83. The zero-order valence-electron chi connectivity index (χ0n) is 12.6. The van der Waals surface area contributed by atoms with Crippen LogP contribution in [-0.2, 0) is 13.0 Å². The predicted octanol–water partition coefficient (Wildman–Crippen LogP) is 4.38. The van der Waals surface area contributed by atoms with Crippen molar-refractivity contribution in [3.05, 3.63) is 61.3 Å². The third-order valence-electron chi connectivity index (χ3n) is 3.72. The molecule has 0 aliphatic rings. The van der Waals surface area contributed by atoms with Crippen LogP contribution >= 0.6 is 11.3 Å². The lowest BCUT2D eigenvalue weighted by molar-refractivity contribution is -0.385. The highest BCUT2D eigenvalue weighted by Crippen LogP contribution is 2.24. The summed E-state index contributed by atoms with van der Waals surface area (Å²) in [6.07, 6.45) is 1.03. The summed E-state index contributed by atoms with van der Waals surface area (Å²) in [5, 5.41) is 16.6. The molecule has 5 heteroatoms. The Hall–Kier alpha value is -1.72. The monoisotopic (exact) mass is 304 g/mol. The van der Waals surface area contributed by atoms with Gasteiger partial charge in [-0.25, -0.2) is 0 Å². The van der Waals surface area contributed by atoms with Crippen LogP contribution in [0.4, 0.5) is 5.69 Å². The molecule has 1 aromatic heterocycles. The van der Waals surface area contributed by atoms with E-state index in [2.05, 4.69) is 23.7 Å². The maximum atomic E-state index is 11.0. The van der Waals surface area contributed by atoms with E-state index in [0.717, 1.165) is 18.5 Å². The van der Waals surface area contributed by atoms with Crippen molar-refractivity contribution in [2.24, 2.45) is 0 Å². The minimum Gasteiger partial charge on any atom is -0.305 e. The van der Waals surface area contributed by atoms with Crippen LogP contribution in [0.15, 0.2) is 29.6 Å². The Bertz CT molecular complexity index is 637. The zero-order chi connectivity index (χ0) is 15.4. The summed E-state index contributed by atoms with van der Waals surface area (Å²) in [6.45, 7) is 6.74. The van der Waals surface area contributed by atoms with Crippen LogP contribution in [0.5, 0.6) is 0 Å². The Kier molecular flexibility index (Phi) is 5.09. The van der Waals surface area contributed by atoms with Crippen molar-refractivity contribution in [2.75, 3.05) is 0 Å². The Morgan fingerprint density at radius 2 is 2.14 bits per heavy atom. The van der Waals surface area contributed by atoms with Crippen molar-refractivity contribution in [3.63, 3.8) is 0 Å². The Balaban J connectivity index is 2.08. The molecule has 1 unspecified atom stereocenters. The van der Waals surface area contributed by atoms with Gasteiger partial charge in [-0.1, -0.05) is 19.1 Å². The molecule has 0 radical (unpaired) electrons. The molecule has 112 valence electrons. The van der Waals surface area contributed by atoms with Crippen molar-refractivity contribution >= 4 is 17.0 Å². The number of hydrogen-bond donors (Lipinski definition) is 1. The van der Waals surface area contributed by atoms with Crippen molar-refractivity contribution in [3.8, 4) is 0 Å². The third-order valence-corrected chi connectivity index (χ3v) is 4.68. The first-order valence-corrected chi connectivity index (χ1v) is 7.94. The molecule has 2 rings (SSSR count). The third kappa shape index (κ3) is 3.68. The normalized spacial score (nSPS) is 12.3. The molecule has 21 heavy (non-hydrogen) atoms. The smallest absolute Gasteiger partial charge is 0.272 e. The quantitative estimate of drug-likeness (QED) is 0.636. The van der Waals surface area contributed by atoms with Gasteiger partial charge in [0.2, 0.25) is 0 Å². The molecular formula is C16H20N2O2S. The van der Waals surface area contributed by atoms with Gasteiger partial charge < -0.3 is 5.32 Å². The van der Waals surface area contributed by atoms with E-state index in [1.807, 2.05) is 19.1 Å². The van der Waals surface area contributed by atoms with Gasteiger partial charge >= 0.3 is 0 Å². The number of nitro groups is 1. The van der Waals surface area contributed by atoms with Gasteiger partial charge in [-0.15, -0.1) is 11.3 Å². The van der Waals surface area contributed by atoms with Crippen LogP contribution in [-0.4, -0.2) is 4.92 Å². The molecule has 1 heterocycles. The summed E-state index contributed by atoms with van der Waals surface area (Å²) < 4.78 is 0. The van der Waals surface area contributed by atoms with Crippen molar-refractivity contribution < 1.29 is 4.92 Å². The molecular weight excluding hydrogens is 284 g/mol. The molecule has 0 saturated carbocycles. The van der Waals surface area contributed by atoms with Gasteiger partial charge in [-0.3, -0.25) is 10.1 Å². The SMILES string of the molecule is CCc1ccsc1CNC(C)c1ccc(C)c([N+](=O)[O-])c1. The van der Waals surface area contributed by atoms with Gasteiger partial charge in [0.15, 0.2) is 0 Å². The second-order valence-electron chi connectivity index (χ2n) is 5.13. The van der Waals surface area contributed by atoms with E-state index in [9.17, 15) is 10.1 Å². The first kappa shape index (κ1) is 15.7. The molecule has 1 N–H and O–H groups in total. The van der Waals surface area contributed by atoms with E-state index in [1.54, 1.807) is 24.3 Å². The number of thiophene rings is 1. The highest BCUT2D eigenvalue weighted by molar-refractivity contribution is 7.10. The minimum absolute atomic E-state index is 0.0797. The fourth-order valence-electron chi connectivity index (χ4n) is 2.29. The molecule has 0 amide bonds. The lowest BCUT2D eigenvalue weighted by Gasteiger charge is -2.14. The molecule has 0 bridgehead atoms. The average molecular weight is 304 g/mol. The van der Waals surface area contributed by atoms with Crippen LogP contribution in [0.1, 0.15) is 41.5 Å². The van der Waals surface area contributed by atoms with E-state index in [4.69, 9.17) is 0 Å². The number of nitro benzene ring substituents is 1. The molecule has 1 atom stereocenters. The first-order chi connectivity index (χ1) is 10.0. The van der Waals surface area contributed by atoms with Gasteiger partial charge in [0.25, 0.3) is 5.69 Å². The molecule has 0 spiro atoms. The molecule has 0 aliphatic heterocycles. The van der Waals surface area contributed by atoms with Crippen LogP contribution < -0.4 is 5.32 Å². The molecule has 2 aromatic rings. The average Bonchev–Trinajstić information content (AvgIpc) is 2.92. The Labute approximate surface area is 129 Å². The molecule has 0 saturated heterocycles. The minimum atomic E-state index is -0.319. The fraction of sp³-hybridized carbons (Fsp3) is 0.375. The molecule has 1 aromatic carbocycles. The number of benzene rings is 1. The van der Waals surface area contributed by atoms with E-state index in [0.29, 0.717) is 5.56 Å². The Morgan fingerprint density at radius 1 is 1.38 bits per heavy atom. The number of aryl methyl sites for hydroxylation is 2. The molecule has 4 nitrogen and oxygen atoms in total. The van der Waals surface area contributed by atoms with Gasteiger partial charge in [0, 0.05) is 29.1 Å². The van der Waals surface area contributed by atoms with E-state index >= 15 is 0 Å². The summed E-state index contributed by atoms with van der Waals surface area (Å²) in [7, 11) is 0. The standard InChI is InChI=1S/C16H20N2O2S/c1-4-13-7-8-21-16(13)10-17-12(3)14-6-5-11(2)15(9-14)18(19)20/h5-9,12,17H,4,10H2,1-3H3. The summed E-state index contributed by atoms with van der Waals surface area (Å²) in [5.74, 6) is 0. The van der Waals surface area contributed by atoms with Gasteiger partial charge in [-0.05, 0) is 42.8 Å². The van der Waals surface area contributed by atoms with E-state index < -0.39 is 0 Å². The van der Waals surface area contributed by atoms with Crippen LogP contribution in [0.2, 0.25) is 0 Å².